The molecule has 0 N–H and O–H groups in total. The van der Waals surface area contributed by atoms with Crippen LogP contribution in [0.3, 0.4) is 0 Å². The van der Waals surface area contributed by atoms with Gasteiger partial charge < -0.3 is 4.74 Å². The highest BCUT2D eigenvalue weighted by Crippen LogP contribution is 2.34. The van der Waals surface area contributed by atoms with Crippen LogP contribution in [0.2, 0.25) is 0 Å². The van der Waals surface area contributed by atoms with Gasteiger partial charge in [0.2, 0.25) is 0 Å². The summed E-state index contributed by atoms with van der Waals surface area (Å²) in [6.07, 6.45) is -0.622. The number of para-hydroxylation sites is 1. The Balaban J connectivity index is 1.20. The van der Waals surface area contributed by atoms with Crippen LogP contribution in [0.5, 0.6) is 5.75 Å². The molecule has 5 aromatic rings. The SMILES string of the molecule is O=C1c2ccccc2C(=O)N1OC(c1ccc(OCc2ccc3ccccc3n2)cc1)c1cccs1. The van der Waals surface area contributed by atoms with Gasteiger partial charge in [0.1, 0.15) is 18.5 Å². The number of hydrogen-bond acceptors (Lipinski definition) is 6. The number of amides is 2. The van der Waals surface area contributed by atoms with Crippen LogP contribution in [-0.2, 0) is 11.4 Å². The van der Waals surface area contributed by atoms with E-state index < -0.39 is 17.9 Å². The Hall–Kier alpha value is -4.33. The molecule has 0 aliphatic carbocycles. The number of pyridine rings is 1. The zero-order valence-corrected chi connectivity index (χ0v) is 19.9. The third-order valence-electron chi connectivity index (χ3n) is 5.99. The van der Waals surface area contributed by atoms with Gasteiger partial charge in [0.25, 0.3) is 11.8 Å². The molecule has 0 radical (unpaired) electrons. The number of carbonyl (C=O) groups excluding carboxylic acids is 2. The van der Waals surface area contributed by atoms with Crippen molar-refractivity contribution >= 4 is 34.1 Å². The minimum absolute atomic E-state index is 0.337. The number of aromatic nitrogens is 1. The summed E-state index contributed by atoms with van der Waals surface area (Å²) < 4.78 is 5.96. The lowest BCUT2D eigenvalue weighted by Crippen LogP contribution is -2.31. The van der Waals surface area contributed by atoms with E-state index in [4.69, 9.17) is 9.57 Å². The second-order valence-corrected chi connectivity index (χ2v) is 9.28. The highest BCUT2D eigenvalue weighted by molar-refractivity contribution is 7.10. The van der Waals surface area contributed by atoms with Crippen LogP contribution in [0, 0.1) is 0 Å². The Morgan fingerprint density at radius 1 is 0.778 bits per heavy atom. The molecule has 0 fully saturated rings. The number of fused-ring (bicyclic) bond motifs is 2. The normalized spacial score (nSPS) is 13.7. The number of benzene rings is 3. The third kappa shape index (κ3) is 4.15. The highest BCUT2D eigenvalue weighted by Gasteiger charge is 2.38. The molecule has 3 heterocycles. The van der Waals surface area contributed by atoms with Gasteiger partial charge in [0.15, 0.2) is 0 Å². The number of carbonyl (C=O) groups is 2. The largest absolute Gasteiger partial charge is 0.487 e. The summed E-state index contributed by atoms with van der Waals surface area (Å²) in [7, 11) is 0. The second-order valence-electron chi connectivity index (χ2n) is 8.30. The first-order valence-corrected chi connectivity index (χ1v) is 12.3. The molecular formula is C29H20N2O4S. The first-order chi connectivity index (χ1) is 17.7. The van der Waals surface area contributed by atoms with Gasteiger partial charge in [-0.1, -0.05) is 54.6 Å². The van der Waals surface area contributed by atoms with Crippen LogP contribution in [0.15, 0.2) is 102 Å². The van der Waals surface area contributed by atoms with Gasteiger partial charge in [-0.25, -0.2) is 9.82 Å². The number of imide groups is 1. The average Bonchev–Trinajstić information content (AvgIpc) is 3.54. The van der Waals surface area contributed by atoms with Crippen LogP contribution in [0.1, 0.15) is 43.0 Å². The van der Waals surface area contributed by atoms with Crippen LogP contribution in [-0.4, -0.2) is 21.9 Å². The van der Waals surface area contributed by atoms with E-state index in [-0.39, 0.29) is 0 Å². The van der Waals surface area contributed by atoms with E-state index in [0.29, 0.717) is 23.5 Å². The first kappa shape index (κ1) is 22.2. The Labute approximate surface area is 211 Å². The first-order valence-electron chi connectivity index (χ1n) is 11.4. The Kier molecular flexibility index (Phi) is 5.77. The zero-order valence-electron chi connectivity index (χ0n) is 19.0. The summed E-state index contributed by atoms with van der Waals surface area (Å²) in [5.74, 6) is -0.237. The van der Waals surface area contributed by atoms with Crippen molar-refractivity contribution in [1.29, 1.82) is 0 Å². The lowest BCUT2D eigenvalue weighted by atomic mass is 10.1. The Morgan fingerprint density at radius 3 is 2.22 bits per heavy atom. The van der Waals surface area contributed by atoms with Crippen molar-refractivity contribution in [3.05, 3.63) is 130 Å². The minimum Gasteiger partial charge on any atom is -0.487 e. The molecule has 7 heteroatoms. The summed E-state index contributed by atoms with van der Waals surface area (Å²) in [5.41, 5.74) is 3.25. The number of hydroxylamine groups is 2. The van der Waals surface area contributed by atoms with Crippen molar-refractivity contribution < 1.29 is 19.2 Å². The van der Waals surface area contributed by atoms with Gasteiger partial charge in [-0.05, 0) is 53.4 Å². The van der Waals surface area contributed by atoms with Gasteiger partial charge in [-0.2, -0.15) is 0 Å². The fourth-order valence-corrected chi connectivity index (χ4v) is 4.94. The van der Waals surface area contributed by atoms with Crippen LogP contribution in [0.4, 0.5) is 0 Å². The molecule has 6 nitrogen and oxygen atoms in total. The molecule has 1 aliphatic heterocycles. The number of rotatable bonds is 7. The molecule has 1 aliphatic rings. The molecule has 176 valence electrons. The number of nitrogens with zero attached hydrogens (tertiary/aromatic N) is 2. The predicted octanol–water partition coefficient (Wildman–Crippen LogP) is 6.19. The van der Waals surface area contributed by atoms with Crippen molar-refractivity contribution in [2.75, 3.05) is 0 Å². The fraction of sp³-hybridized carbons (Fsp3) is 0.0690. The lowest BCUT2D eigenvalue weighted by Gasteiger charge is -2.22. The van der Waals surface area contributed by atoms with Crippen molar-refractivity contribution in [2.45, 2.75) is 12.7 Å². The third-order valence-corrected chi connectivity index (χ3v) is 6.91. The Bertz CT molecular complexity index is 1530. The standard InChI is InChI=1S/C29H20N2O4S/c32-28-23-7-2-3-8-24(23)29(33)31(28)35-27(26-10-5-17-36-26)20-12-15-22(16-13-20)34-18-21-14-11-19-6-1-4-9-25(19)30-21/h1-17,27H,18H2. The van der Waals surface area contributed by atoms with E-state index in [1.807, 2.05) is 78.2 Å². The fourth-order valence-electron chi connectivity index (χ4n) is 4.17. The van der Waals surface area contributed by atoms with Gasteiger partial charge >= 0.3 is 0 Å². The van der Waals surface area contributed by atoms with Crippen molar-refractivity contribution in [3.8, 4) is 5.75 Å². The zero-order chi connectivity index (χ0) is 24.5. The summed E-state index contributed by atoms with van der Waals surface area (Å²) in [6, 6.07) is 30.0. The molecule has 0 saturated carbocycles. The molecule has 36 heavy (non-hydrogen) atoms. The maximum Gasteiger partial charge on any atom is 0.285 e. The summed E-state index contributed by atoms with van der Waals surface area (Å²) >= 11 is 1.49. The van der Waals surface area contributed by atoms with Crippen molar-refractivity contribution in [1.82, 2.24) is 10.0 Å². The van der Waals surface area contributed by atoms with E-state index in [1.54, 1.807) is 24.3 Å². The van der Waals surface area contributed by atoms with E-state index >= 15 is 0 Å². The molecule has 3 aromatic carbocycles. The monoisotopic (exact) mass is 492 g/mol. The van der Waals surface area contributed by atoms with Crippen molar-refractivity contribution in [2.24, 2.45) is 0 Å². The topological polar surface area (TPSA) is 68.7 Å². The summed E-state index contributed by atoms with van der Waals surface area (Å²) in [6.45, 7) is 0.337. The number of thiophene rings is 1. The molecule has 2 aromatic heterocycles. The van der Waals surface area contributed by atoms with Gasteiger partial charge in [-0.15, -0.1) is 16.4 Å². The minimum atomic E-state index is -0.622. The number of hydrogen-bond donors (Lipinski definition) is 0. The molecule has 1 unspecified atom stereocenters. The van der Waals surface area contributed by atoms with Crippen LogP contribution in [0.25, 0.3) is 10.9 Å². The van der Waals surface area contributed by atoms with E-state index in [9.17, 15) is 9.59 Å². The molecule has 6 rings (SSSR count). The molecule has 2 amide bonds. The second kappa shape index (κ2) is 9.37. The molecule has 0 saturated heterocycles. The van der Waals surface area contributed by atoms with Gasteiger partial charge in [0.05, 0.1) is 22.3 Å². The molecule has 1 atom stereocenters. The lowest BCUT2D eigenvalue weighted by molar-refractivity contribution is -0.119. The maximum atomic E-state index is 12.9. The van der Waals surface area contributed by atoms with Crippen molar-refractivity contribution in [3.63, 3.8) is 0 Å². The molecule has 0 bridgehead atoms. The molecular weight excluding hydrogens is 472 g/mol. The van der Waals surface area contributed by atoms with E-state index in [1.165, 1.54) is 11.3 Å². The highest BCUT2D eigenvalue weighted by atomic mass is 32.1. The maximum absolute atomic E-state index is 12.9. The van der Waals surface area contributed by atoms with Gasteiger partial charge in [-0.3, -0.25) is 9.59 Å². The summed E-state index contributed by atoms with van der Waals surface area (Å²) in [4.78, 5) is 37.3. The molecule has 0 spiro atoms. The van der Waals surface area contributed by atoms with Gasteiger partial charge in [0, 0.05) is 10.3 Å². The summed E-state index contributed by atoms with van der Waals surface area (Å²) in [5, 5.41) is 3.88. The quantitative estimate of drug-likeness (QED) is 0.253. The van der Waals surface area contributed by atoms with Crippen LogP contribution >= 0.6 is 11.3 Å². The average molecular weight is 493 g/mol. The van der Waals surface area contributed by atoms with Crippen LogP contribution < -0.4 is 4.74 Å². The van der Waals surface area contributed by atoms with E-state index in [0.717, 1.165) is 32.1 Å². The smallest absolute Gasteiger partial charge is 0.285 e. The predicted molar refractivity (Wildman–Crippen MR) is 137 cm³/mol. The number of ether oxygens (including phenoxy) is 1. The Morgan fingerprint density at radius 2 is 1.50 bits per heavy atom. The van der Waals surface area contributed by atoms with E-state index in [2.05, 4.69) is 4.98 Å².